The number of hydrogen-bond acceptors (Lipinski definition) is 8. The quantitative estimate of drug-likeness (QED) is 0.507. The minimum atomic E-state index is -3.44. The van der Waals surface area contributed by atoms with Crippen molar-refractivity contribution >= 4 is 38.8 Å². The van der Waals surface area contributed by atoms with E-state index in [4.69, 9.17) is 0 Å². The highest BCUT2D eigenvalue weighted by Crippen LogP contribution is 2.15. The molecular weight excluding hydrogens is 372 g/mol. The Hall–Kier alpha value is -2.56. The number of nitrogens with zero attached hydrogens (tertiary/aromatic N) is 3. The zero-order valence-electron chi connectivity index (χ0n) is 14.0. The van der Waals surface area contributed by atoms with Gasteiger partial charge in [0.1, 0.15) is 15.8 Å². The summed E-state index contributed by atoms with van der Waals surface area (Å²) in [6, 6.07) is 10.6. The molecule has 3 N–H and O–H groups in total. The summed E-state index contributed by atoms with van der Waals surface area (Å²) in [5.41, 5.74) is 1.08. The smallest absolute Gasteiger partial charge is 0.250 e. The number of anilines is 3. The summed E-state index contributed by atoms with van der Waals surface area (Å²) in [5, 5.41) is 15.9. The van der Waals surface area contributed by atoms with Gasteiger partial charge < -0.3 is 10.6 Å². The van der Waals surface area contributed by atoms with Crippen molar-refractivity contribution in [3.05, 3.63) is 53.5 Å². The molecule has 0 bridgehead atoms. The summed E-state index contributed by atoms with van der Waals surface area (Å²) < 4.78 is 26.8. The fraction of sp³-hybridized carbons (Fsp3) is 0.188. The first-order valence-corrected chi connectivity index (χ1v) is 10.2. The summed E-state index contributed by atoms with van der Waals surface area (Å²) in [7, 11) is -3.44. The van der Waals surface area contributed by atoms with E-state index in [-0.39, 0.29) is 6.54 Å². The Morgan fingerprint density at radius 1 is 1.00 bits per heavy atom. The molecule has 0 aromatic carbocycles. The minimum absolute atomic E-state index is 0.245. The molecule has 0 fully saturated rings. The highest BCUT2D eigenvalue weighted by molar-refractivity contribution is 7.91. The molecule has 26 heavy (non-hydrogen) atoms. The summed E-state index contributed by atoms with van der Waals surface area (Å²) in [5.74, 6) is 1.82. The largest absolute Gasteiger partial charge is 0.367 e. The van der Waals surface area contributed by atoms with E-state index in [1.807, 2.05) is 19.1 Å². The van der Waals surface area contributed by atoms with Crippen LogP contribution in [0, 0.1) is 6.92 Å². The molecule has 0 aliphatic rings. The third-order valence-corrected chi connectivity index (χ3v) is 6.17. The molecule has 0 saturated carbocycles. The number of aromatic nitrogens is 3. The predicted octanol–water partition coefficient (Wildman–Crippen LogP) is 2.38. The van der Waals surface area contributed by atoms with Crippen molar-refractivity contribution in [3.63, 3.8) is 0 Å². The van der Waals surface area contributed by atoms with Crippen molar-refractivity contribution in [2.75, 3.05) is 23.7 Å². The van der Waals surface area contributed by atoms with Crippen molar-refractivity contribution in [2.24, 2.45) is 0 Å². The van der Waals surface area contributed by atoms with Crippen molar-refractivity contribution in [2.45, 2.75) is 11.1 Å². The standard InChI is InChI=1S/C16H18N6O2S2/c1-12-4-5-13(18-11-12)20-15-7-6-14(21-22-15)17-8-9-19-26(23,24)16-3-2-10-25-16/h2-7,10-11,19H,8-9H2,1H3,(H,17,21)(H,18,20,22). The first-order valence-electron chi connectivity index (χ1n) is 7.83. The lowest BCUT2D eigenvalue weighted by Gasteiger charge is -2.08. The maximum Gasteiger partial charge on any atom is 0.250 e. The summed E-state index contributed by atoms with van der Waals surface area (Å²) in [6.45, 7) is 2.61. The fourth-order valence-electron chi connectivity index (χ4n) is 2.03. The Balaban J connectivity index is 1.46. The fourth-order valence-corrected chi connectivity index (χ4v) is 4.10. The Morgan fingerprint density at radius 2 is 1.77 bits per heavy atom. The maximum absolute atomic E-state index is 12.0. The van der Waals surface area contributed by atoms with Gasteiger partial charge in [0.15, 0.2) is 5.82 Å². The molecule has 0 atom stereocenters. The van der Waals surface area contributed by atoms with Crippen molar-refractivity contribution in [1.82, 2.24) is 19.9 Å². The first-order chi connectivity index (χ1) is 12.5. The van der Waals surface area contributed by atoms with Gasteiger partial charge in [0, 0.05) is 19.3 Å². The van der Waals surface area contributed by atoms with Crippen LogP contribution in [-0.2, 0) is 10.0 Å². The van der Waals surface area contributed by atoms with Gasteiger partial charge in [0.05, 0.1) is 0 Å². The summed E-state index contributed by atoms with van der Waals surface area (Å²) >= 11 is 1.18. The number of sulfonamides is 1. The van der Waals surface area contributed by atoms with Gasteiger partial charge >= 0.3 is 0 Å². The highest BCUT2D eigenvalue weighted by atomic mass is 32.2. The Morgan fingerprint density at radius 3 is 2.42 bits per heavy atom. The minimum Gasteiger partial charge on any atom is -0.367 e. The van der Waals surface area contributed by atoms with E-state index >= 15 is 0 Å². The van der Waals surface area contributed by atoms with Gasteiger partial charge in [0.25, 0.3) is 0 Å². The summed E-state index contributed by atoms with van der Waals surface area (Å²) in [4.78, 5) is 4.24. The number of aryl methyl sites for hydroxylation is 1. The number of pyridine rings is 1. The SMILES string of the molecule is Cc1ccc(Nc2ccc(NCCNS(=O)(=O)c3cccs3)nn2)nc1. The molecule has 0 saturated heterocycles. The zero-order valence-corrected chi connectivity index (χ0v) is 15.6. The Labute approximate surface area is 155 Å². The molecule has 3 aromatic heterocycles. The van der Waals surface area contributed by atoms with Crippen molar-refractivity contribution in [3.8, 4) is 0 Å². The lowest BCUT2D eigenvalue weighted by atomic mass is 10.3. The number of nitrogens with one attached hydrogen (secondary N) is 3. The molecule has 3 rings (SSSR count). The van der Waals surface area contributed by atoms with E-state index in [0.717, 1.165) is 5.56 Å². The second kappa shape index (κ2) is 8.21. The van der Waals surface area contributed by atoms with E-state index in [9.17, 15) is 8.42 Å². The van der Waals surface area contributed by atoms with Gasteiger partial charge in [-0.1, -0.05) is 12.1 Å². The van der Waals surface area contributed by atoms with Crippen LogP contribution in [-0.4, -0.2) is 36.7 Å². The third kappa shape index (κ3) is 4.97. The molecule has 0 amide bonds. The number of rotatable bonds is 8. The van der Waals surface area contributed by atoms with Crippen LogP contribution in [0.1, 0.15) is 5.56 Å². The normalized spacial score (nSPS) is 11.3. The highest BCUT2D eigenvalue weighted by Gasteiger charge is 2.13. The van der Waals surface area contributed by atoms with Crippen LogP contribution in [0.5, 0.6) is 0 Å². The molecule has 10 heteroatoms. The van der Waals surface area contributed by atoms with Crippen LogP contribution in [0.15, 0.2) is 52.2 Å². The monoisotopic (exact) mass is 390 g/mol. The third-order valence-electron chi connectivity index (χ3n) is 3.32. The van der Waals surface area contributed by atoms with E-state index in [2.05, 4.69) is 30.5 Å². The van der Waals surface area contributed by atoms with Gasteiger partial charge in [-0.25, -0.2) is 18.1 Å². The van der Waals surface area contributed by atoms with Crippen LogP contribution in [0.3, 0.4) is 0 Å². The van der Waals surface area contributed by atoms with Gasteiger partial charge in [-0.3, -0.25) is 0 Å². The molecular formula is C16H18N6O2S2. The van der Waals surface area contributed by atoms with Crippen LogP contribution in [0.4, 0.5) is 17.5 Å². The van der Waals surface area contributed by atoms with Gasteiger partial charge in [0.2, 0.25) is 10.0 Å². The van der Waals surface area contributed by atoms with Crippen molar-refractivity contribution < 1.29 is 8.42 Å². The van der Waals surface area contributed by atoms with Gasteiger partial charge in [-0.2, -0.15) is 0 Å². The number of hydrogen-bond donors (Lipinski definition) is 3. The zero-order chi connectivity index (χ0) is 18.4. The Kier molecular flexibility index (Phi) is 5.76. The van der Waals surface area contributed by atoms with E-state index in [0.29, 0.717) is 28.2 Å². The molecule has 0 aliphatic heterocycles. The first kappa shape index (κ1) is 18.2. The summed E-state index contributed by atoms with van der Waals surface area (Å²) in [6.07, 6.45) is 1.77. The average Bonchev–Trinajstić information content (AvgIpc) is 3.18. The second-order valence-corrected chi connectivity index (χ2v) is 8.35. The topological polar surface area (TPSA) is 109 Å². The van der Waals surface area contributed by atoms with E-state index in [1.165, 1.54) is 11.3 Å². The lowest BCUT2D eigenvalue weighted by Crippen LogP contribution is -2.28. The second-order valence-electron chi connectivity index (χ2n) is 5.41. The maximum atomic E-state index is 12.0. The van der Waals surface area contributed by atoms with Crippen LogP contribution >= 0.6 is 11.3 Å². The molecule has 0 spiro atoms. The van der Waals surface area contributed by atoms with Crippen LogP contribution in [0.25, 0.3) is 0 Å². The average molecular weight is 390 g/mol. The molecule has 136 valence electrons. The van der Waals surface area contributed by atoms with Gasteiger partial charge in [-0.15, -0.1) is 21.5 Å². The molecule has 0 radical (unpaired) electrons. The molecule has 0 aliphatic carbocycles. The predicted molar refractivity (Wildman–Crippen MR) is 102 cm³/mol. The van der Waals surface area contributed by atoms with E-state index in [1.54, 1.807) is 35.8 Å². The lowest BCUT2D eigenvalue weighted by molar-refractivity contribution is 0.585. The molecule has 8 nitrogen and oxygen atoms in total. The molecule has 3 aromatic rings. The Bertz CT molecular complexity index is 926. The number of thiophene rings is 1. The van der Waals surface area contributed by atoms with Crippen LogP contribution in [0.2, 0.25) is 0 Å². The molecule has 0 unspecified atom stereocenters. The van der Waals surface area contributed by atoms with Gasteiger partial charge in [-0.05, 0) is 42.1 Å². The van der Waals surface area contributed by atoms with E-state index < -0.39 is 10.0 Å². The molecule has 3 heterocycles. The van der Waals surface area contributed by atoms with Crippen LogP contribution < -0.4 is 15.4 Å². The van der Waals surface area contributed by atoms with Crippen molar-refractivity contribution in [1.29, 1.82) is 0 Å².